The summed E-state index contributed by atoms with van der Waals surface area (Å²) in [4.78, 5) is 30.0. The lowest BCUT2D eigenvalue weighted by atomic mass is 10.2. The van der Waals surface area contributed by atoms with Gasteiger partial charge in [0.15, 0.2) is 0 Å². The highest BCUT2D eigenvalue weighted by atomic mass is 16.5. The smallest absolute Gasteiger partial charge is 0.326 e. The van der Waals surface area contributed by atoms with Crippen molar-refractivity contribution < 1.29 is 19.4 Å². The van der Waals surface area contributed by atoms with Crippen LogP contribution in [-0.2, 0) is 9.53 Å². The van der Waals surface area contributed by atoms with Crippen molar-refractivity contribution in [2.75, 3.05) is 13.7 Å². The second-order valence-electron chi connectivity index (χ2n) is 3.24. The summed E-state index contributed by atoms with van der Waals surface area (Å²) in [5.41, 5.74) is 0.0798. The third-order valence-electron chi connectivity index (χ3n) is 2.01. The summed E-state index contributed by atoms with van der Waals surface area (Å²) in [6, 6.07) is -0.996. The number of hydrogen-bond donors (Lipinski definition) is 2. The summed E-state index contributed by atoms with van der Waals surface area (Å²) >= 11 is 0. The number of aromatic nitrogens is 2. The first-order valence-electron chi connectivity index (χ1n) is 4.93. The molecular formula is C10H13N3O4. The molecule has 17 heavy (non-hydrogen) atoms. The van der Waals surface area contributed by atoms with Crippen LogP contribution in [0.5, 0.6) is 0 Å². The maximum absolute atomic E-state index is 11.6. The number of nitrogens with zero attached hydrogens (tertiary/aromatic N) is 2. The summed E-state index contributed by atoms with van der Waals surface area (Å²) < 4.78 is 4.77. The van der Waals surface area contributed by atoms with Gasteiger partial charge in [0.2, 0.25) is 0 Å². The van der Waals surface area contributed by atoms with Gasteiger partial charge in [0.05, 0.1) is 6.20 Å². The second-order valence-corrected chi connectivity index (χ2v) is 3.24. The van der Waals surface area contributed by atoms with E-state index in [-0.39, 0.29) is 18.7 Å². The summed E-state index contributed by atoms with van der Waals surface area (Å²) in [5.74, 6) is -1.68. The van der Waals surface area contributed by atoms with Gasteiger partial charge in [-0.05, 0) is 0 Å². The molecule has 0 saturated heterocycles. The first kappa shape index (κ1) is 13.0. The maximum atomic E-state index is 11.6. The van der Waals surface area contributed by atoms with Crippen molar-refractivity contribution in [3.8, 4) is 0 Å². The number of carboxylic acids is 1. The molecule has 0 spiro atoms. The molecule has 0 aromatic carbocycles. The van der Waals surface area contributed by atoms with Crippen LogP contribution in [0.4, 0.5) is 0 Å². The zero-order valence-corrected chi connectivity index (χ0v) is 9.29. The van der Waals surface area contributed by atoms with Gasteiger partial charge in [0, 0.05) is 32.5 Å². The topological polar surface area (TPSA) is 101 Å². The van der Waals surface area contributed by atoms with Crippen LogP contribution in [0.3, 0.4) is 0 Å². The number of aliphatic carboxylic acids is 1. The zero-order chi connectivity index (χ0) is 12.7. The van der Waals surface area contributed by atoms with Gasteiger partial charge in [-0.25, -0.2) is 9.78 Å². The Bertz CT molecular complexity index is 382. The van der Waals surface area contributed by atoms with Crippen molar-refractivity contribution in [2.24, 2.45) is 0 Å². The summed E-state index contributed by atoms with van der Waals surface area (Å²) in [6.07, 6.45) is 4.25. The fourth-order valence-electron chi connectivity index (χ4n) is 1.14. The molecule has 92 valence electrons. The molecule has 0 radical (unpaired) electrons. The number of ether oxygens (including phenoxy) is 1. The first-order chi connectivity index (χ1) is 8.15. The van der Waals surface area contributed by atoms with Crippen molar-refractivity contribution >= 4 is 11.9 Å². The number of carbonyl (C=O) groups is 2. The fourth-order valence-corrected chi connectivity index (χ4v) is 1.14. The van der Waals surface area contributed by atoms with Crippen LogP contribution in [0.15, 0.2) is 18.6 Å². The molecule has 7 heteroatoms. The van der Waals surface area contributed by atoms with E-state index in [1.165, 1.54) is 25.7 Å². The van der Waals surface area contributed by atoms with Crippen LogP contribution >= 0.6 is 0 Å². The Balaban J connectivity index is 2.61. The Morgan fingerprint density at radius 1 is 1.53 bits per heavy atom. The number of rotatable bonds is 6. The molecule has 7 nitrogen and oxygen atoms in total. The molecule has 0 aliphatic heterocycles. The van der Waals surface area contributed by atoms with Crippen molar-refractivity contribution in [3.05, 3.63) is 24.3 Å². The van der Waals surface area contributed by atoms with Crippen LogP contribution < -0.4 is 5.32 Å². The van der Waals surface area contributed by atoms with Crippen LogP contribution in [0, 0.1) is 0 Å². The minimum Gasteiger partial charge on any atom is -0.480 e. The average Bonchev–Trinajstić information content (AvgIpc) is 2.35. The highest BCUT2D eigenvalue weighted by molar-refractivity contribution is 5.94. The molecule has 1 aromatic rings. The second kappa shape index (κ2) is 6.54. The summed E-state index contributed by atoms with van der Waals surface area (Å²) in [6.45, 7) is 0.248. The predicted octanol–water partition coefficient (Wildman–Crippen LogP) is -0.304. The van der Waals surface area contributed by atoms with Crippen LogP contribution in [0.2, 0.25) is 0 Å². The SMILES string of the molecule is COCCC(NC(=O)c1cnccn1)C(=O)O. The van der Waals surface area contributed by atoms with E-state index in [4.69, 9.17) is 9.84 Å². The van der Waals surface area contributed by atoms with Gasteiger partial charge in [-0.15, -0.1) is 0 Å². The van der Waals surface area contributed by atoms with E-state index in [0.717, 1.165) is 0 Å². The number of amides is 1. The molecule has 1 atom stereocenters. The minimum absolute atomic E-state index is 0.0798. The molecule has 1 amide bonds. The van der Waals surface area contributed by atoms with Gasteiger partial charge in [0.25, 0.3) is 5.91 Å². The van der Waals surface area contributed by atoms with Gasteiger partial charge in [-0.1, -0.05) is 0 Å². The Kier molecular flexibility index (Phi) is 5.02. The normalized spacial score (nSPS) is 11.8. The van der Waals surface area contributed by atoms with Crippen molar-refractivity contribution in [2.45, 2.75) is 12.5 Å². The molecule has 0 saturated carbocycles. The van der Waals surface area contributed by atoms with Gasteiger partial charge in [0.1, 0.15) is 11.7 Å². The quantitative estimate of drug-likeness (QED) is 0.706. The van der Waals surface area contributed by atoms with Crippen molar-refractivity contribution in [1.29, 1.82) is 0 Å². The monoisotopic (exact) mass is 239 g/mol. The van der Waals surface area contributed by atoms with Crippen LogP contribution in [0.25, 0.3) is 0 Å². The van der Waals surface area contributed by atoms with E-state index >= 15 is 0 Å². The third-order valence-corrected chi connectivity index (χ3v) is 2.01. The van der Waals surface area contributed by atoms with E-state index in [9.17, 15) is 9.59 Å². The molecule has 1 unspecified atom stereocenters. The lowest BCUT2D eigenvalue weighted by molar-refractivity contribution is -0.139. The van der Waals surface area contributed by atoms with Crippen molar-refractivity contribution in [1.82, 2.24) is 15.3 Å². The lowest BCUT2D eigenvalue weighted by Gasteiger charge is -2.13. The largest absolute Gasteiger partial charge is 0.480 e. The van der Waals surface area contributed by atoms with E-state index in [2.05, 4.69) is 15.3 Å². The van der Waals surface area contributed by atoms with Crippen molar-refractivity contribution in [3.63, 3.8) is 0 Å². The van der Waals surface area contributed by atoms with Crippen LogP contribution in [0.1, 0.15) is 16.9 Å². The number of carboxylic acid groups (broad SMARTS) is 1. The van der Waals surface area contributed by atoms with Crippen LogP contribution in [-0.4, -0.2) is 46.7 Å². The Morgan fingerprint density at radius 3 is 2.82 bits per heavy atom. The van der Waals surface area contributed by atoms with E-state index in [1.54, 1.807) is 0 Å². The predicted molar refractivity (Wildman–Crippen MR) is 57.4 cm³/mol. The van der Waals surface area contributed by atoms with Gasteiger partial charge >= 0.3 is 5.97 Å². The van der Waals surface area contributed by atoms with E-state index in [1.807, 2.05) is 0 Å². The molecule has 0 aliphatic carbocycles. The number of hydrogen-bond acceptors (Lipinski definition) is 5. The van der Waals surface area contributed by atoms with E-state index in [0.29, 0.717) is 0 Å². The highest BCUT2D eigenvalue weighted by Gasteiger charge is 2.20. The molecule has 1 aromatic heterocycles. The molecular weight excluding hydrogens is 226 g/mol. The molecule has 1 rings (SSSR count). The summed E-state index contributed by atoms with van der Waals surface area (Å²) in [7, 11) is 1.46. The average molecular weight is 239 g/mol. The minimum atomic E-state index is -1.11. The fraction of sp³-hybridized carbons (Fsp3) is 0.400. The molecule has 1 heterocycles. The number of methoxy groups -OCH3 is 1. The van der Waals surface area contributed by atoms with Gasteiger partial charge in [-0.2, -0.15) is 0 Å². The van der Waals surface area contributed by atoms with Gasteiger partial charge in [-0.3, -0.25) is 9.78 Å². The first-order valence-corrected chi connectivity index (χ1v) is 4.93. The third kappa shape index (κ3) is 4.15. The molecule has 2 N–H and O–H groups in total. The molecule has 0 fully saturated rings. The Labute approximate surface area is 97.8 Å². The molecule has 0 bridgehead atoms. The Hall–Kier alpha value is -2.02. The Morgan fingerprint density at radius 2 is 2.29 bits per heavy atom. The zero-order valence-electron chi connectivity index (χ0n) is 9.29. The van der Waals surface area contributed by atoms with Gasteiger partial charge < -0.3 is 15.2 Å². The number of carbonyl (C=O) groups excluding carboxylic acids is 1. The number of nitrogens with one attached hydrogen (secondary N) is 1. The van der Waals surface area contributed by atoms with E-state index < -0.39 is 17.9 Å². The molecule has 0 aliphatic rings. The highest BCUT2D eigenvalue weighted by Crippen LogP contribution is 1.97. The standard InChI is InChI=1S/C10H13N3O4/c1-17-5-2-7(10(15)16)13-9(14)8-6-11-3-4-12-8/h3-4,6-7H,2,5H2,1H3,(H,13,14)(H,15,16). The lowest BCUT2D eigenvalue weighted by Crippen LogP contribution is -2.41. The maximum Gasteiger partial charge on any atom is 0.326 e. The summed E-state index contributed by atoms with van der Waals surface area (Å²) in [5, 5.41) is 11.2.